The van der Waals surface area contributed by atoms with Crippen LogP contribution in [0.4, 0.5) is 0 Å². The molecule has 1 saturated heterocycles. The quantitative estimate of drug-likeness (QED) is 0.752. The zero-order chi connectivity index (χ0) is 17.4. The van der Waals surface area contributed by atoms with Crippen molar-refractivity contribution in [3.8, 4) is 0 Å². The van der Waals surface area contributed by atoms with E-state index in [9.17, 15) is 4.79 Å². The third-order valence-electron chi connectivity index (χ3n) is 4.23. The zero-order valence-corrected chi connectivity index (χ0v) is 16.2. The van der Waals surface area contributed by atoms with E-state index in [1.165, 1.54) is 17.3 Å². The Kier molecular flexibility index (Phi) is 8.02. The number of nitrogens with zero attached hydrogens (tertiary/aromatic N) is 2. The van der Waals surface area contributed by atoms with E-state index in [1.807, 2.05) is 6.07 Å². The Morgan fingerprint density at radius 1 is 1.33 bits per heavy atom. The van der Waals surface area contributed by atoms with Gasteiger partial charge < -0.3 is 10.2 Å². The number of amides is 1. The number of benzene rings is 1. The minimum absolute atomic E-state index is 0.0843. The van der Waals surface area contributed by atoms with Gasteiger partial charge in [-0.3, -0.25) is 9.69 Å². The normalized spacial score (nSPS) is 17.7. The minimum atomic E-state index is 0.0843. The van der Waals surface area contributed by atoms with Crippen molar-refractivity contribution in [2.24, 2.45) is 0 Å². The second-order valence-electron chi connectivity index (χ2n) is 6.00. The summed E-state index contributed by atoms with van der Waals surface area (Å²) in [6, 6.07) is 10.7. The average Bonchev–Trinajstić information content (AvgIpc) is 3.02. The summed E-state index contributed by atoms with van der Waals surface area (Å²) >= 11 is 6.83. The van der Waals surface area contributed by atoms with Gasteiger partial charge in [0.15, 0.2) is 0 Å². The van der Waals surface area contributed by atoms with Crippen LogP contribution in [0.5, 0.6) is 0 Å². The Morgan fingerprint density at radius 3 is 2.71 bits per heavy atom. The van der Waals surface area contributed by atoms with Crippen molar-refractivity contribution >= 4 is 34.2 Å². The maximum absolute atomic E-state index is 12.1. The molecule has 0 bridgehead atoms. The molecule has 132 valence electrons. The van der Waals surface area contributed by atoms with E-state index in [2.05, 4.69) is 53.2 Å². The van der Waals surface area contributed by atoms with Gasteiger partial charge in [-0.1, -0.05) is 54.3 Å². The molecule has 1 atom stereocenters. The molecule has 1 aliphatic heterocycles. The van der Waals surface area contributed by atoms with Crippen LogP contribution in [0.2, 0.25) is 0 Å². The standard InChI is InChI=1S/C18H27N3OS2/c1-3-21(4-2)18(23)24-14-17(22)19-16-10-11-20(13-16)12-15-8-6-5-7-9-15/h5-9,16H,3-4,10-14H2,1-2H3,(H,19,22)/t16-/m0/s1. The predicted octanol–water partition coefficient (Wildman–Crippen LogP) is 2.74. The number of thioether (sulfide) groups is 1. The summed E-state index contributed by atoms with van der Waals surface area (Å²) in [7, 11) is 0. The lowest BCUT2D eigenvalue weighted by Gasteiger charge is -2.21. The van der Waals surface area contributed by atoms with E-state index in [4.69, 9.17) is 12.2 Å². The van der Waals surface area contributed by atoms with Crippen molar-refractivity contribution < 1.29 is 4.79 Å². The fourth-order valence-electron chi connectivity index (χ4n) is 2.91. The van der Waals surface area contributed by atoms with Gasteiger partial charge in [-0.15, -0.1) is 0 Å². The molecular formula is C18H27N3OS2. The first-order chi connectivity index (χ1) is 11.6. The number of hydrogen-bond donors (Lipinski definition) is 1. The molecule has 1 aliphatic rings. The molecule has 4 nitrogen and oxygen atoms in total. The van der Waals surface area contributed by atoms with Crippen molar-refractivity contribution in [1.29, 1.82) is 0 Å². The molecule has 0 unspecified atom stereocenters. The van der Waals surface area contributed by atoms with E-state index in [-0.39, 0.29) is 11.9 Å². The van der Waals surface area contributed by atoms with Gasteiger partial charge in [-0.05, 0) is 25.8 Å². The smallest absolute Gasteiger partial charge is 0.230 e. The number of nitrogens with one attached hydrogen (secondary N) is 1. The van der Waals surface area contributed by atoms with Crippen LogP contribution in [0.3, 0.4) is 0 Å². The molecule has 0 spiro atoms. The van der Waals surface area contributed by atoms with Crippen LogP contribution >= 0.6 is 24.0 Å². The number of carbonyl (C=O) groups excluding carboxylic acids is 1. The van der Waals surface area contributed by atoms with E-state index in [0.717, 1.165) is 43.5 Å². The molecule has 2 rings (SSSR count). The van der Waals surface area contributed by atoms with Gasteiger partial charge in [0.2, 0.25) is 5.91 Å². The SMILES string of the molecule is CCN(CC)C(=S)SCC(=O)N[C@H]1CCN(Cc2ccccc2)C1. The maximum Gasteiger partial charge on any atom is 0.230 e. The molecule has 0 saturated carbocycles. The molecule has 6 heteroatoms. The number of carbonyl (C=O) groups is 1. The third kappa shape index (κ3) is 6.07. The lowest BCUT2D eigenvalue weighted by atomic mass is 10.2. The molecule has 1 aromatic rings. The van der Waals surface area contributed by atoms with Gasteiger partial charge in [0.25, 0.3) is 0 Å². The lowest BCUT2D eigenvalue weighted by molar-refractivity contribution is -0.119. The Labute approximate surface area is 155 Å². The highest BCUT2D eigenvalue weighted by atomic mass is 32.2. The Bertz CT molecular complexity index is 534. The van der Waals surface area contributed by atoms with E-state index in [1.54, 1.807) is 0 Å². The molecule has 24 heavy (non-hydrogen) atoms. The molecule has 1 heterocycles. The van der Waals surface area contributed by atoms with Gasteiger partial charge in [-0.2, -0.15) is 0 Å². The van der Waals surface area contributed by atoms with E-state index in [0.29, 0.717) is 5.75 Å². The molecule has 0 aliphatic carbocycles. The van der Waals surface area contributed by atoms with Crippen LogP contribution in [0.25, 0.3) is 0 Å². The molecule has 1 amide bonds. The topological polar surface area (TPSA) is 35.6 Å². The van der Waals surface area contributed by atoms with Crippen molar-refractivity contribution in [3.05, 3.63) is 35.9 Å². The summed E-state index contributed by atoms with van der Waals surface area (Å²) in [6.45, 7) is 8.85. The highest BCUT2D eigenvalue weighted by Crippen LogP contribution is 2.14. The van der Waals surface area contributed by atoms with Gasteiger partial charge in [0.05, 0.1) is 5.75 Å². The summed E-state index contributed by atoms with van der Waals surface area (Å²) < 4.78 is 0.812. The molecular weight excluding hydrogens is 338 g/mol. The van der Waals surface area contributed by atoms with Crippen molar-refractivity contribution in [2.75, 3.05) is 31.9 Å². The fraction of sp³-hybridized carbons (Fsp3) is 0.556. The Hall–Kier alpha value is -1.11. The molecule has 1 fully saturated rings. The summed E-state index contributed by atoms with van der Waals surface area (Å²) in [5.74, 6) is 0.492. The van der Waals surface area contributed by atoms with Gasteiger partial charge in [0.1, 0.15) is 4.32 Å². The number of rotatable bonds is 7. The van der Waals surface area contributed by atoms with Crippen LogP contribution in [0.1, 0.15) is 25.8 Å². The summed E-state index contributed by atoms with van der Waals surface area (Å²) in [5.41, 5.74) is 1.32. The molecule has 1 aromatic carbocycles. The van der Waals surface area contributed by atoms with Crippen LogP contribution in [0, 0.1) is 0 Å². The van der Waals surface area contributed by atoms with Crippen molar-refractivity contribution in [3.63, 3.8) is 0 Å². The highest BCUT2D eigenvalue weighted by molar-refractivity contribution is 8.23. The fourth-order valence-corrected chi connectivity index (χ4v) is 4.12. The van der Waals surface area contributed by atoms with Crippen LogP contribution in [-0.2, 0) is 11.3 Å². The largest absolute Gasteiger partial charge is 0.358 e. The zero-order valence-electron chi connectivity index (χ0n) is 14.5. The minimum Gasteiger partial charge on any atom is -0.358 e. The molecule has 1 N–H and O–H groups in total. The lowest BCUT2D eigenvalue weighted by Crippen LogP contribution is -2.38. The summed E-state index contributed by atoms with van der Waals surface area (Å²) in [5, 5.41) is 3.15. The average molecular weight is 366 g/mol. The van der Waals surface area contributed by atoms with Crippen molar-refractivity contribution in [1.82, 2.24) is 15.1 Å². The molecule has 0 radical (unpaired) electrons. The number of thiocarbonyl (C=S) groups is 1. The van der Waals surface area contributed by atoms with Crippen molar-refractivity contribution in [2.45, 2.75) is 32.9 Å². The van der Waals surface area contributed by atoms with Crippen LogP contribution < -0.4 is 5.32 Å². The van der Waals surface area contributed by atoms with E-state index < -0.39 is 0 Å². The molecule has 0 aromatic heterocycles. The Morgan fingerprint density at radius 2 is 2.04 bits per heavy atom. The number of hydrogen-bond acceptors (Lipinski definition) is 4. The first-order valence-corrected chi connectivity index (χ1v) is 9.99. The van der Waals surface area contributed by atoms with Gasteiger partial charge in [-0.25, -0.2) is 0 Å². The number of likely N-dealkylation sites (tertiary alicyclic amines) is 1. The van der Waals surface area contributed by atoms with Gasteiger partial charge in [0, 0.05) is 38.8 Å². The summed E-state index contributed by atoms with van der Waals surface area (Å²) in [6.07, 6.45) is 1.02. The van der Waals surface area contributed by atoms with Crippen LogP contribution in [0.15, 0.2) is 30.3 Å². The first kappa shape index (κ1) is 19.2. The third-order valence-corrected chi connectivity index (χ3v) is 5.76. The second kappa shape index (κ2) is 10.0. The monoisotopic (exact) mass is 365 g/mol. The maximum atomic E-state index is 12.1. The second-order valence-corrected chi connectivity index (χ2v) is 7.61. The Balaban J connectivity index is 1.69. The van der Waals surface area contributed by atoms with E-state index >= 15 is 0 Å². The van der Waals surface area contributed by atoms with Crippen LogP contribution in [-0.4, -0.2) is 58.0 Å². The summed E-state index contributed by atoms with van der Waals surface area (Å²) in [4.78, 5) is 16.6. The highest BCUT2D eigenvalue weighted by Gasteiger charge is 2.24. The predicted molar refractivity (Wildman–Crippen MR) is 106 cm³/mol. The first-order valence-electron chi connectivity index (χ1n) is 8.59. The van der Waals surface area contributed by atoms with Gasteiger partial charge >= 0.3 is 0 Å².